The van der Waals surface area contributed by atoms with Crippen molar-refractivity contribution in [2.45, 2.75) is 12.1 Å². The molecule has 1 fully saturated rings. The monoisotopic (exact) mass is 345 g/mol. The Kier molecular flexibility index (Phi) is 5.75. The predicted molar refractivity (Wildman–Crippen MR) is 80.3 cm³/mol. The Labute approximate surface area is 137 Å². The predicted octanol–water partition coefficient (Wildman–Crippen LogP) is 0.408. The average molecular weight is 346 g/mol. The van der Waals surface area contributed by atoms with Gasteiger partial charge in [0.15, 0.2) is 0 Å². The summed E-state index contributed by atoms with van der Waals surface area (Å²) in [4.78, 5) is 24.6. The first-order valence-electron chi connectivity index (χ1n) is 6.94. The van der Waals surface area contributed by atoms with Crippen molar-refractivity contribution in [1.29, 1.82) is 0 Å². The van der Waals surface area contributed by atoms with Crippen LogP contribution in [0.2, 0.25) is 5.02 Å². The van der Waals surface area contributed by atoms with Crippen molar-refractivity contribution in [3.05, 3.63) is 34.6 Å². The molecule has 2 unspecified atom stereocenters. The van der Waals surface area contributed by atoms with Gasteiger partial charge in [0.2, 0.25) is 5.91 Å². The number of aliphatic hydroxyl groups is 1. The summed E-state index contributed by atoms with van der Waals surface area (Å²) in [5.41, 5.74) is 5.54. The zero-order valence-corrected chi connectivity index (χ0v) is 12.9. The minimum atomic E-state index is -1.12. The number of carbonyl (C=O) groups excluding carboxylic acids is 2. The van der Waals surface area contributed by atoms with Crippen molar-refractivity contribution in [2.24, 2.45) is 5.73 Å². The largest absolute Gasteiger partial charge is 0.394 e. The lowest BCUT2D eigenvalue weighted by molar-refractivity contribution is -0.141. The van der Waals surface area contributed by atoms with Gasteiger partial charge in [0, 0.05) is 17.1 Å². The minimum Gasteiger partial charge on any atom is -0.394 e. The SMILES string of the molecule is NC(=O)NC(CO)C(=O)N1CCOC(c2ccc(F)cc2Cl)C1. The molecule has 0 aromatic heterocycles. The highest BCUT2D eigenvalue weighted by atomic mass is 35.5. The second-order valence-electron chi connectivity index (χ2n) is 5.05. The molecule has 3 amide bonds. The first-order valence-corrected chi connectivity index (χ1v) is 7.32. The summed E-state index contributed by atoms with van der Waals surface area (Å²) in [6.45, 7) is 0.145. The molecule has 1 aliphatic rings. The number of nitrogens with two attached hydrogens (primary N) is 1. The van der Waals surface area contributed by atoms with Crippen LogP contribution in [0.3, 0.4) is 0 Å². The number of amides is 3. The number of aliphatic hydroxyl groups excluding tert-OH is 1. The Balaban J connectivity index is 2.10. The Morgan fingerprint density at radius 3 is 2.91 bits per heavy atom. The number of morpholine rings is 1. The van der Waals surface area contributed by atoms with E-state index < -0.39 is 36.5 Å². The number of rotatable bonds is 4. The quantitative estimate of drug-likeness (QED) is 0.735. The molecule has 1 aromatic carbocycles. The van der Waals surface area contributed by atoms with Gasteiger partial charge in [0.1, 0.15) is 18.0 Å². The fourth-order valence-electron chi connectivity index (χ4n) is 2.38. The van der Waals surface area contributed by atoms with E-state index in [0.717, 1.165) is 0 Å². The van der Waals surface area contributed by atoms with Gasteiger partial charge in [-0.15, -0.1) is 0 Å². The van der Waals surface area contributed by atoms with E-state index in [1.165, 1.54) is 23.1 Å². The topological polar surface area (TPSA) is 105 Å². The van der Waals surface area contributed by atoms with Gasteiger partial charge >= 0.3 is 6.03 Å². The molecule has 0 aliphatic carbocycles. The van der Waals surface area contributed by atoms with E-state index >= 15 is 0 Å². The van der Waals surface area contributed by atoms with Crippen LogP contribution >= 0.6 is 11.6 Å². The van der Waals surface area contributed by atoms with Crippen molar-refractivity contribution in [1.82, 2.24) is 10.2 Å². The van der Waals surface area contributed by atoms with Gasteiger partial charge < -0.3 is 25.8 Å². The highest BCUT2D eigenvalue weighted by Crippen LogP contribution is 2.29. The molecule has 0 bridgehead atoms. The average Bonchev–Trinajstić information content (AvgIpc) is 2.52. The molecule has 0 spiro atoms. The Morgan fingerprint density at radius 1 is 1.57 bits per heavy atom. The number of primary amides is 1. The van der Waals surface area contributed by atoms with Crippen molar-refractivity contribution in [3.63, 3.8) is 0 Å². The van der Waals surface area contributed by atoms with E-state index in [1.807, 2.05) is 0 Å². The molecule has 2 rings (SSSR count). The molecule has 0 saturated carbocycles. The summed E-state index contributed by atoms with van der Waals surface area (Å²) >= 11 is 6.01. The van der Waals surface area contributed by atoms with Crippen molar-refractivity contribution >= 4 is 23.5 Å². The van der Waals surface area contributed by atoms with Gasteiger partial charge in [0.05, 0.1) is 19.8 Å². The molecule has 1 aliphatic heterocycles. The van der Waals surface area contributed by atoms with Crippen molar-refractivity contribution in [3.8, 4) is 0 Å². The van der Waals surface area contributed by atoms with Crippen LogP contribution in [0.4, 0.5) is 9.18 Å². The minimum absolute atomic E-state index is 0.168. The molecule has 9 heteroatoms. The fraction of sp³-hybridized carbons (Fsp3) is 0.429. The third-order valence-electron chi connectivity index (χ3n) is 3.48. The number of hydrogen-bond donors (Lipinski definition) is 3. The number of urea groups is 1. The third kappa shape index (κ3) is 4.31. The number of hydrogen-bond acceptors (Lipinski definition) is 4. The number of ether oxygens (including phenoxy) is 1. The van der Waals surface area contributed by atoms with Gasteiger partial charge in [-0.1, -0.05) is 17.7 Å². The zero-order chi connectivity index (χ0) is 17.0. The zero-order valence-electron chi connectivity index (χ0n) is 12.2. The molecule has 126 valence electrons. The molecule has 0 radical (unpaired) electrons. The Morgan fingerprint density at radius 2 is 2.30 bits per heavy atom. The van der Waals surface area contributed by atoms with Crippen LogP contribution in [0.5, 0.6) is 0 Å². The van der Waals surface area contributed by atoms with E-state index in [2.05, 4.69) is 5.32 Å². The molecule has 4 N–H and O–H groups in total. The molecule has 1 heterocycles. The second-order valence-corrected chi connectivity index (χ2v) is 5.46. The standard InChI is InChI=1S/C14H17ClFN3O4/c15-10-5-8(16)1-2-9(10)12-6-19(3-4-23-12)13(21)11(7-20)18-14(17)22/h1-2,5,11-12,20H,3-4,6-7H2,(H3,17,18,22). The maximum atomic E-state index is 13.1. The van der Waals surface area contributed by atoms with Crippen molar-refractivity contribution < 1.29 is 23.8 Å². The van der Waals surface area contributed by atoms with Gasteiger partial charge in [-0.2, -0.15) is 0 Å². The Hall–Kier alpha value is -1.90. The van der Waals surface area contributed by atoms with E-state index in [0.29, 0.717) is 12.1 Å². The van der Waals surface area contributed by atoms with Gasteiger partial charge in [-0.25, -0.2) is 9.18 Å². The lowest BCUT2D eigenvalue weighted by atomic mass is 10.1. The van der Waals surface area contributed by atoms with Gasteiger partial charge in [-0.3, -0.25) is 4.79 Å². The summed E-state index contributed by atoms with van der Waals surface area (Å²) in [6, 6.07) is 1.92. The highest BCUT2D eigenvalue weighted by molar-refractivity contribution is 6.31. The molecular formula is C14H17ClFN3O4. The summed E-state index contributed by atoms with van der Waals surface area (Å²) in [5, 5.41) is 11.6. The summed E-state index contributed by atoms with van der Waals surface area (Å²) in [6.07, 6.45) is -0.520. The first-order chi connectivity index (χ1) is 10.9. The van der Waals surface area contributed by atoms with Crippen LogP contribution in [0.15, 0.2) is 18.2 Å². The number of nitrogens with zero attached hydrogens (tertiary/aromatic N) is 1. The van der Waals surface area contributed by atoms with Gasteiger partial charge in [-0.05, 0) is 12.1 Å². The second kappa shape index (κ2) is 7.58. The van der Waals surface area contributed by atoms with Crippen LogP contribution in [-0.4, -0.2) is 54.3 Å². The summed E-state index contributed by atoms with van der Waals surface area (Å²) in [7, 11) is 0. The van der Waals surface area contributed by atoms with E-state index in [1.54, 1.807) is 0 Å². The summed E-state index contributed by atoms with van der Waals surface area (Å²) < 4.78 is 18.7. The first kappa shape index (κ1) is 17.5. The van der Waals surface area contributed by atoms with E-state index in [4.69, 9.17) is 22.1 Å². The van der Waals surface area contributed by atoms with Crippen LogP contribution in [0.1, 0.15) is 11.7 Å². The van der Waals surface area contributed by atoms with Gasteiger partial charge in [0.25, 0.3) is 0 Å². The normalized spacial score (nSPS) is 19.3. The van der Waals surface area contributed by atoms with E-state index in [9.17, 15) is 19.1 Å². The van der Waals surface area contributed by atoms with E-state index in [-0.39, 0.29) is 18.2 Å². The maximum absolute atomic E-state index is 13.1. The lowest BCUT2D eigenvalue weighted by Gasteiger charge is -2.35. The van der Waals surface area contributed by atoms with Crippen LogP contribution in [-0.2, 0) is 9.53 Å². The van der Waals surface area contributed by atoms with Crippen LogP contribution in [0.25, 0.3) is 0 Å². The lowest BCUT2D eigenvalue weighted by Crippen LogP contribution is -2.54. The molecule has 23 heavy (non-hydrogen) atoms. The third-order valence-corrected chi connectivity index (χ3v) is 3.81. The molecular weight excluding hydrogens is 329 g/mol. The molecule has 1 aromatic rings. The number of carbonyl (C=O) groups is 2. The maximum Gasteiger partial charge on any atom is 0.312 e. The number of nitrogens with one attached hydrogen (secondary N) is 1. The number of benzene rings is 1. The Bertz CT molecular complexity index is 601. The van der Waals surface area contributed by atoms with Crippen LogP contribution in [0, 0.1) is 5.82 Å². The smallest absolute Gasteiger partial charge is 0.312 e. The molecule has 7 nitrogen and oxygen atoms in total. The van der Waals surface area contributed by atoms with Crippen molar-refractivity contribution in [2.75, 3.05) is 26.3 Å². The highest BCUT2D eigenvalue weighted by Gasteiger charge is 2.31. The molecule has 2 atom stereocenters. The van der Waals surface area contributed by atoms with Crippen LogP contribution < -0.4 is 11.1 Å². The molecule has 1 saturated heterocycles. The number of halogens is 2. The summed E-state index contributed by atoms with van der Waals surface area (Å²) in [5.74, 6) is -0.939. The fourth-order valence-corrected chi connectivity index (χ4v) is 2.67.